The molecule has 0 amide bonds. The third kappa shape index (κ3) is 7.03. The average Bonchev–Trinajstić information content (AvgIpc) is 3.90. The maximum atomic E-state index is 2.53. The van der Waals surface area contributed by atoms with E-state index in [-0.39, 0.29) is 6.04 Å². The monoisotopic (exact) mass is 852 g/mol. The Balaban J connectivity index is 0.969. The third-order valence-electron chi connectivity index (χ3n) is 12.6. The molecule has 12 rings (SSSR count). The maximum Gasteiger partial charge on any atom is 0.0574 e. The number of anilines is 8. The first-order valence-corrected chi connectivity index (χ1v) is 23.1. The van der Waals surface area contributed by atoms with E-state index in [4.69, 9.17) is 0 Å². The summed E-state index contributed by atoms with van der Waals surface area (Å²) in [7, 11) is 0. The van der Waals surface area contributed by atoms with Crippen LogP contribution in [0.2, 0.25) is 0 Å². The molecule has 0 fully saturated rings. The second-order valence-corrected chi connectivity index (χ2v) is 17.7. The lowest BCUT2D eigenvalue weighted by Crippen LogP contribution is -2.32. The predicted octanol–water partition coefficient (Wildman–Crippen LogP) is 16.7. The number of fused-ring (bicyclic) bond motifs is 6. The standard InChI is InChI=1S/C60H44N4S/c1-7-19-43(20-8-1)61(44-21-9-2-10-22-44)49-33-37-57-55(39-49)53-35-31-51(41-58(53)64(57)48-29-17-6-18-30-48)63(47-27-15-5-16-28-47)52-32-36-54-56-40-50(34-38-59(56)65-60(54)42-52)62(45-23-11-3-12-24-45)46-25-13-4-14-26-46/h1-41,52H,42H2. The summed E-state index contributed by atoms with van der Waals surface area (Å²) in [6.45, 7) is 0. The number of thiophene rings is 1. The third-order valence-corrected chi connectivity index (χ3v) is 13.8. The molecule has 1 unspecified atom stereocenters. The Morgan fingerprint density at radius 2 is 0.862 bits per heavy atom. The Bertz CT molecular complexity index is 3380. The molecule has 1 aliphatic rings. The molecular formula is C60H44N4S. The van der Waals surface area contributed by atoms with Crippen molar-refractivity contribution in [3.05, 3.63) is 253 Å². The molecule has 65 heavy (non-hydrogen) atoms. The molecule has 2 heterocycles. The summed E-state index contributed by atoms with van der Waals surface area (Å²) in [6.07, 6.45) is 5.70. The van der Waals surface area contributed by atoms with Gasteiger partial charge < -0.3 is 19.3 Å². The molecule has 0 N–H and O–H groups in total. The number of para-hydroxylation sites is 6. The first kappa shape index (κ1) is 38.5. The molecule has 1 atom stereocenters. The number of nitrogens with zero attached hydrogens (tertiary/aromatic N) is 4. The van der Waals surface area contributed by atoms with Crippen LogP contribution in [0.3, 0.4) is 0 Å². The molecule has 0 radical (unpaired) electrons. The summed E-state index contributed by atoms with van der Waals surface area (Å²) in [5.41, 5.74) is 13.9. The number of hydrogen-bond donors (Lipinski definition) is 0. The lowest BCUT2D eigenvalue weighted by Gasteiger charge is -2.34. The van der Waals surface area contributed by atoms with E-state index in [2.05, 4.69) is 268 Å². The van der Waals surface area contributed by atoms with Crippen LogP contribution in [0.15, 0.2) is 243 Å². The number of rotatable bonds is 10. The van der Waals surface area contributed by atoms with Gasteiger partial charge in [0.05, 0.1) is 17.1 Å². The molecule has 0 saturated carbocycles. The topological polar surface area (TPSA) is 14.7 Å². The quantitative estimate of drug-likeness (QED) is 0.136. The summed E-state index contributed by atoms with van der Waals surface area (Å²) in [5, 5.41) is 3.72. The summed E-state index contributed by atoms with van der Waals surface area (Å²) < 4.78 is 3.74. The van der Waals surface area contributed by atoms with Crippen LogP contribution in [-0.4, -0.2) is 10.6 Å². The second-order valence-electron chi connectivity index (χ2n) is 16.5. The summed E-state index contributed by atoms with van der Waals surface area (Å²) >= 11 is 1.92. The molecule has 4 nitrogen and oxygen atoms in total. The molecule has 0 aliphatic heterocycles. The largest absolute Gasteiger partial charge is 0.334 e. The normalized spacial score (nSPS) is 13.3. The summed E-state index contributed by atoms with van der Waals surface area (Å²) in [6, 6.07) is 85.4. The Labute approximate surface area is 383 Å². The van der Waals surface area contributed by atoms with E-state index in [1.807, 2.05) is 11.3 Å². The van der Waals surface area contributed by atoms with Gasteiger partial charge in [-0.15, -0.1) is 11.3 Å². The Kier molecular flexibility index (Phi) is 9.81. The lowest BCUT2D eigenvalue weighted by molar-refractivity contribution is 0.777. The van der Waals surface area contributed by atoms with E-state index in [0.29, 0.717) is 0 Å². The summed E-state index contributed by atoms with van der Waals surface area (Å²) in [5.74, 6) is 0. The molecular weight excluding hydrogens is 809 g/mol. The van der Waals surface area contributed by atoms with Crippen molar-refractivity contribution in [2.45, 2.75) is 12.5 Å². The molecule has 0 saturated heterocycles. The number of hydrogen-bond acceptors (Lipinski definition) is 4. The van der Waals surface area contributed by atoms with Crippen molar-refractivity contribution >= 4 is 94.8 Å². The number of benzene rings is 9. The van der Waals surface area contributed by atoms with Gasteiger partial charge in [0.15, 0.2) is 0 Å². The van der Waals surface area contributed by atoms with Gasteiger partial charge in [0.25, 0.3) is 0 Å². The van der Waals surface area contributed by atoms with Crippen LogP contribution in [0.25, 0.3) is 43.7 Å². The minimum atomic E-state index is 0.103. The van der Waals surface area contributed by atoms with Crippen LogP contribution in [0.4, 0.5) is 45.5 Å². The van der Waals surface area contributed by atoms with Gasteiger partial charge in [-0.2, -0.15) is 0 Å². The van der Waals surface area contributed by atoms with Crippen molar-refractivity contribution in [2.75, 3.05) is 14.7 Å². The van der Waals surface area contributed by atoms with Gasteiger partial charge >= 0.3 is 0 Å². The van der Waals surface area contributed by atoms with E-state index in [1.165, 1.54) is 48.0 Å². The molecule has 2 aromatic heterocycles. The zero-order valence-corrected chi connectivity index (χ0v) is 36.5. The lowest BCUT2D eigenvalue weighted by atomic mass is 9.96. The van der Waals surface area contributed by atoms with Crippen LogP contribution in [0.1, 0.15) is 10.4 Å². The van der Waals surface area contributed by atoms with Crippen molar-refractivity contribution in [3.8, 4) is 5.69 Å². The van der Waals surface area contributed by atoms with Gasteiger partial charge in [-0.25, -0.2) is 0 Å². The Morgan fingerprint density at radius 1 is 0.385 bits per heavy atom. The van der Waals surface area contributed by atoms with Crippen molar-refractivity contribution in [2.24, 2.45) is 0 Å². The molecule has 5 heteroatoms. The minimum Gasteiger partial charge on any atom is -0.334 e. The van der Waals surface area contributed by atoms with Crippen LogP contribution in [-0.2, 0) is 6.42 Å². The predicted molar refractivity (Wildman–Crippen MR) is 277 cm³/mol. The van der Waals surface area contributed by atoms with Gasteiger partial charge in [0, 0.05) is 83.3 Å². The highest BCUT2D eigenvalue weighted by atomic mass is 32.1. The average molecular weight is 853 g/mol. The smallest absolute Gasteiger partial charge is 0.0574 e. The fourth-order valence-electron chi connectivity index (χ4n) is 9.74. The first-order chi connectivity index (χ1) is 32.2. The Morgan fingerprint density at radius 3 is 1.42 bits per heavy atom. The van der Waals surface area contributed by atoms with Crippen molar-refractivity contribution in [1.29, 1.82) is 0 Å². The fraction of sp³-hybridized carbons (Fsp3) is 0.0333. The molecule has 310 valence electrons. The van der Waals surface area contributed by atoms with E-state index < -0.39 is 0 Å². The molecule has 0 spiro atoms. The number of aromatic nitrogens is 1. The van der Waals surface area contributed by atoms with Gasteiger partial charge in [-0.3, -0.25) is 0 Å². The van der Waals surface area contributed by atoms with E-state index in [0.717, 1.165) is 51.9 Å². The zero-order valence-electron chi connectivity index (χ0n) is 35.7. The molecule has 9 aromatic carbocycles. The molecule has 1 aliphatic carbocycles. The summed E-state index contributed by atoms with van der Waals surface area (Å²) in [4.78, 5) is 8.64. The van der Waals surface area contributed by atoms with Crippen molar-refractivity contribution in [3.63, 3.8) is 0 Å². The SMILES string of the molecule is C1=CC(N(c2ccccc2)c2ccc3c4cc(N(c5ccccc5)c5ccccc5)ccc4n(-c4ccccc4)c3c2)Cc2sc3ccc(N(c4ccccc4)c4ccccc4)cc3c21. The van der Waals surface area contributed by atoms with E-state index >= 15 is 0 Å². The van der Waals surface area contributed by atoms with E-state index in [9.17, 15) is 0 Å². The fourth-order valence-corrected chi connectivity index (χ4v) is 11.0. The van der Waals surface area contributed by atoms with Crippen LogP contribution < -0.4 is 14.7 Å². The van der Waals surface area contributed by atoms with Gasteiger partial charge in [0.1, 0.15) is 0 Å². The van der Waals surface area contributed by atoms with Crippen LogP contribution in [0, 0.1) is 0 Å². The minimum absolute atomic E-state index is 0.103. The first-order valence-electron chi connectivity index (χ1n) is 22.3. The highest BCUT2D eigenvalue weighted by Gasteiger charge is 2.27. The van der Waals surface area contributed by atoms with E-state index in [1.54, 1.807) is 0 Å². The van der Waals surface area contributed by atoms with Crippen molar-refractivity contribution in [1.82, 2.24) is 4.57 Å². The van der Waals surface area contributed by atoms with Crippen LogP contribution in [0.5, 0.6) is 0 Å². The van der Waals surface area contributed by atoms with Crippen molar-refractivity contribution < 1.29 is 0 Å². The van der Waals surface area contributed by atoms with Crippen LogP contribution >= 0.6 is 11.3 Å². The highest BCUT2D eigenvalue weighted by molar-refractivity contribution is 7.19. The maximum absolute atomic E-state index is 2.53. The van der Waals surface area contributed by atoms with Gasteiger partial charge in [-0.05, 0) is 127 Å². The zero-order chi connectivity index (χ0) is 43.1. The Hall–Kier alpha value is -8.12. The highest BCUT2D eigenvalue weighted by Crippen LogP contribution is 2.45. The molecule has 0 bridgehead atoms. The molecule has 11 aromatic rings. The van der Waals surface area contributed by atoms with Gasteiger partial charge in [0.2, 0.25) is 0 Å². The van der Waals surface area contributed by atoms with Gasteiger partial charge in [-0.1, -0.05) is 127 Å². The second kappa shape index (κ2) is 16.5.